The SMILES string of the molecule is OCCCCCCCCCNCCCO. The molecule has 0 aliphatic carbocycles. The van der Waals surface area contributed by atoms with Crippen molar-refractivity contribution in [1.82, 2.24) is 5.32 Å². The zero-order valence-corrected chi connectivity index (χ0v) is 9.88. The molecule has 0 aromatic rings. The maximum absolute atomic E-state index is 8.58. The lowest BCUT2D eigenvalue weighted by Crippen LogP contribution is -2.17. The van der Waals surface area contributed by atoms with Crippen molar-refractivity contribution in [3.63, 3.8) is 0 Å². The van der Waals surface area contributed by atoms with Gasteiger partial charge in [-0.15, -0.1) is 0 Å². The van der Waals surface area contributed by atoms with E-state index in [1.807, 2.05) is 0 Å². The van der Waals surface area contributed by atoms with Crippen LogP contribution in [0, 0.1) is 0 Å². The molecule has 0 bridgehead atoms. The predicted octanol–water partition coefficient (Wildman–Crippen LogP) is 1.68. The van der Waals surface area contributed by atoms with E-state index in [0.717, 1.165) is 25.9 Å². The summed E-state index contributed by atoms with van der Waals surface area (Å²) in [4.78, 5) is 0. The van der Waals surface area contributed by atoms with Gasteiger partial charge in [-0.3, -0.25) is 0 Å². The molecule has 0 spiro atoms. The van der Waals surface area contributed by atoms with Gasteiger partial charge in [0.05, 0.1) is 0 Å². The van der Waals surface area contributed by atoms with Crippen molar-refractivity contribution in [3.8, 4) is 0 Å². The average molecular weight is 217 g/mol. The number of nitrogens with one attached hydrogen (secondary N) is 1. The first-order valence-corrected chi connectivity index (χ1v) is 6.34. The molecule has 0 aromatic heterocycles. The molecule has 0 fully saturated rings. The minimum absolute atomic E-state index is 0.290. The van der Waals surface area contributed by atoms with Crippen LogP contribution >= 0.6 is 0 Å². The Bertz CT molecular complexity index is 97.8. The smallest absolute Gasteiger partial charge is 0.0443 e. The molecule has 0 unspecified atom stereocenters. The molecule has 0 aromatic carbocycles. The topological polar surface area (TPSA) is 52.5 Å². The predicted molar refractivity (Wildman–Crippen MR) is 64.0 cm³/mol. The van der Waals surface area contributed by atoms with Gasteiger partial charge >= 0.3 is 0 Å². The molecule has 3 nitrogen and oxygen atoms in total. The summed E-state index contributed by atoms with van der Waals surface area (Å²) < 4.78 is 0. The molecular formula is C12H27NO2. The van der Waals surface area contributed by atoms with Crippen molar-refractivity contribution in [3.05, 3.63) is 0 Å². The highest BCUT2D eigenvalue weighted by molar-refractivity contribution is 4.50. The monoisotopic (exact) mass is 217 g/mol. The van der Waals surface area contributed by atoms with Crippen molar-refractivity contribution in [2.24, 2.45) is 0 Å². The summed E-state index contributed by atoms with van der Waals surface area (Å²) in [6.07, 6.45) is 9.41. The lowest BCUT2D eigenvalue weighted by Gasteiger charge is -2.03. The Morgan fingerprint density at radius 2 is 1.00 bits per heavy atom. The van der Waals surface area contributed by atoms with Crippen molar-refractivity contribution < 1.29 is 10.2 Å². The minimum atomic E-state index is 0.290. The van der Waals surface area contributed by atoms with Crippen molar-refractivity contribution in [1.29, 1.82) is 0 Å². The van der Waals surface area contributed by atoms with Gasteiger partial charge in [-0.25, -0.2) is 0 Å². The third kappa shape index (κ3) is 13.9. The fourth-order valence-corrected chi connectivity index (χ4v) is 1.57. The summed E-state index contributed by atoms with van der Waals surface area (Å²) in [5.41, 5.74) is 0. The van der Waals surface area contributed by atoms with E-state index in [1.165, 1.54) is 38.5 Å². The van der Waals surface area contributed by atoms with Gasteiger partial charge in [-0.1, -0.05) is 32.1 Å². The first kappa shape index (κ1) is 14.9. The van der Waals surface area contributed by atoms with E-state index in [9.17, 15) is 0 Å². The summed E-state index contributed by atoms with van der Waals surface area (Å²) in [5, 5.41) is 20.4. The quantitative estimate of drug-likeness (QED) is 0.436. The molecule has 0 saturated carbocycles. The summed E-state index contributed by atoms with van der Waals surface area (Å²) in [6, 6.07) is 0. The number of rotatable bonds is 12. The Kier molecular flexibility index (Phi) is 13.8. The first-order valence-electron chi connectivity index (χ1n) is 6.34. The molecule has 0 radical (unpaired) electrons. The average Bonchev–Trinajstić information content (AvgIpc) is 2.26. The zero-order valence-electron chi connectivity index (χ0n) is 9.88. The van der Waals surface area contributed by atoms with Gasteiger partial charge in [0.1, 0.15) is 0 Å². The molecule has 0 rings (SSSR count). The number of hydrogen-bond acceptors (Lipinski definition) is 3. The first-order chi connectivity index (χ1) is 7.41. The Morgan fingerprint density at radius 1 is 0.533 bits per heavy atom. The van der Waals surface area contributed by atoms with Crippen molar-refractivity contribution in [2.45, 2.75) is 51.4 Å². The molecule has 0 heterocycles. The largest absolute Gasteiger partial charge is 0.396 e. The lowest BCUT2D eigenvalue weighted by atomic mass is 10.1. The van der Waals surface area contributed by atoms with Gasteiger partial charge in [0.25, 0.3) is 0 Å². The number of aliphatic hydroxyl groups excluding tert-OH is 2. The van der Waals surface area contributed by atoms with Gasteiger partial charge in [0.2, 0.25) is 0 Å². The van der Waals surface area contributed by atoms with Gasteiger partial charge in [-0.2, -0.15) is 0 Å². The van der Waals surface area contributed by atoms with Gasteiger partial charge < -0.3 is 15.5 Å². The number of unbranched alkanes of at least 4 members (excludes halogenated alkanes) is 6. The second-order valence-corrected chi connectivity index (χ2v) is 4.03. The highest BCUT2D eigenvalue weighted by Gasteiger charge is 1.91. The molecule has 0 aliphatic heterocycles. The van der Waals surface area contributed by atoms with E-state index >= 15 is 0 Å². The van der Waals surface area contributed by atoms with Crippen LogP contribution in [0.5, 0.6) is 0 Å². The molecule has 3 heteroatoms. The lowest BCUT2D eigenvalue weighted by molar-refractivity contribution is 0.282. The second-order valence-electron chi connectivity index (χ2n) is 4.03. The molecular weight excluding hydrogens is 190 g/mol. The van der Waals surface area contributed by atoms with Crippen LogP contribution in [0.25, 0.3) is 0 Å². The molecule has 15 heavy (non-hydrogen) atoms. The van der Waals surface area contributed by atoms with Crippen LogP contribution in [0.15, 0.2) is 0 Å². The summed E-state index contributed by atoms with van der Waals surface area (Å²) in [7, 11) is 0. The number of aliphatic hydroxyl groups is 2. The minimum Gasteiger partial charge on any atom is -0.396 e. The third-order valence-electron chi connectivity index (χ3n) is 2.52. The van der Waals surface area contributed by atoms with E-state index in [0.29, 0.717) is 6.61 Å². The van der Waals surface area contributed by atoms with Crippen LogP contribution in [0.1, 0.15) is 51.4 Å². The van der Waals surface area contributed by atoms with Crippen LogP contribution < -0.4 is 5.32 Å². The van der Waals surface area contributed by atoms with E-state index in [1.54, 1.807) is 0 Å². The normalized spacial score (nSPS) is 10.8. The molecule has 0 saturated heterocycles. The fraction of sp³-hybridized carbons (Fsp3) is 1.00. The van der Waals surface area contributed by atoms with Crippen LogP contribution in [0.4, 0.5) is 0 Å². The summed E-state index contributed by atoms with van der Waals surface area (Å²) in [6.45, 7) is 2.65. The van der Waals surface area contributed by atoms with E-state index < -0.39 is 0 Å². The highest BCUT2D eigenvalue weighted by atomic mass is 16.3. The second kappa shape index (κ2) is 13.9. The Hall–Kier alpha value is -0.120. The molecule has 0 aliphatic rings. The van der Waals surface area contributed by atoms with Gasteiger partial charge in [-0.05, 0) is 32.4 Å². The van der Waals surface area contributed by atoms with Crippen LogP contribution in [-0.2, 0) is 0 Å². The summed E-state index contributed by atoms with van der Waals surface area (Å²) in [5.74, 6) is 0. The Balaban J connectivity index is 2.81. The summed E-state index contributed by atoms with van der Waals surface area (Å²) >= 11 is 0. The molecule has 3 N–H and O–H groups in total. The van der Waals surface area contributed by atoms with Crippen LogP contribution in [-0.4, -0.2) is 36.5 Å². The maximum Gasteiger partial charge on any atom is 0.0443 e. The van der Waals surface area contributed by atoms with Crippen LogP contribution in [0.3, 0.4) is 0 Å². The molecule has 0 amide bonds. The Labute approximate surface area is 93.9 Å². The fourth-order valence-electron chi connectivity index (χ4n) is 1.57. The highest BCUT2D eigenvalue weighted by Crippen LogP contribution is 2.06. The van der Waals surface area contributed by atoms with Crippen molar-refractivity contribution in [2.75, 3.05) is 26.3 Å². The van der Waals surface area contributed by atoms with E-state index in [-0.39, 0.29) is 6.61 Å². The standard InChI is InChI=1S/C12H27NO2/c14-11-7-5-3-1-2-4-6-9-13-10-8-12-15/h13-15H,1-12H2. The molecule has 0 atom stereocenters. The Morgan fingerprint density at radius 3 is 1.60 bits per heavy atom. The van der Waals surface area contributed by atoms with Gasteiger partial charge in [0, 0.05) is 13.2 Å². The van der Waals surface area contributed by atoms with E-state index in [2.05, 4.69) is 5.32 Å². The third-order valence-corrected chi connectivity index (χ3v) is 2.52. The van der Waals surface area contributed by atoms with Crippen molar-refractivity contribution >= 4 is 0 Å². The number of hydrogen-bond donors (Lipinski definition) is 3. The maximum atomic E-state index is 8.58. The zero-order chi connectivity index (χ0) is 11.2. The van der Waals surface area contributed by atoms with Crippen LogP contribution in [0.2, 0.25) is 0 Å². The molecule has 92 valence electrons. The van der Waals surface area contributed by atoms with E-state index in [4.69, 9.17) is 10.2 Å². The van der Waals surface area contributed by atoms with Gasteiger partial charge in [0.15, 0.2) is 0 Å².